The monoisotopic (exact) mass is 264 g/mol. The third kappa shape index (κ3) is 2.47. The molecule has 1 aromatic carbocycles. The summed E-state index contributed by atoms with van der Waals surface area (Å²) in [5.41, 5.74) is 5.20. The molecule has 0 amide bonds. The molecule has 102 valence electrons. The van der Waals surface area contributed by atoms with E-state index in [0.29, 0.717) is 0 Å². The molecule has 2 heteroatoms. The highest BCUT2D eigenvalue weighted by molar-refractivity contribution is 5.87. The molecule has 0 radical (unpaired) electrons. The molecule has 0 saturated heterocycles. The summed E-state index contributed by atoms with van der Waals surface area (Å²) in [5, 5.41) is 0. The smallest absolute Gasteiger partial charge is 0.0525 e. The van der Waals surface area contributed by atoms with Gasteiger partial charge in [0.2, 0.25) is 0 Å². The van der Waals surface area contributed by atoms with Crippen LogP contribution < -0.4 is 0 Å². The van der Waals surface area contributed by atoms with Crippen molar-refractivity contribution in [2.75, 3.05) is 20.6 Å². The van der Waals surface area contributed by atoms with E-state index >= 15 is 0 Å². The van der Waals surface area contributed by atoms with Crippen LogP contribution in [0.1, 0.15) is 23.2 Å². The van der Waals surface area contributed by atoms with Crippen molar-refractivity contribution in [3.05, 3.63) is 65.5 Å². The molecule has 0 fully saturated rings. The Hall–Kier alpha value is -2.06. The Labute approximate surface area is 120 Å². The third-order valence-electron chi connectivity index (χ3n) is 3.65. The zero-order chi connectivity index (χ0) is 13.9. The Morgan fingerprint density at radius 3 is 2.80 bits per heavy atom. The number of fused-ring (bicyclic) bond motifs is 2. The number of aromatic nitrogens is 1. The van der Waals surface area contributed by atoms with Crippen LogP contribution in [0.3, 0.4) is 0 Å². The fourth-order valence-corrected chi connectivity index (χ4v) is 2.62. The van der Waals surface area contributed by atoms with Crippen LogP contribution in [0.25, 0.3) is 17.8 Å². The first-order valence-electron chi connectivity index (χ1n) is 7.05. The van der Waals surface area contributed by atoms with Gasteiger partial charge in [-0.3, -0.25) is 0 Å². The van der Waals surface area contributed by atoms with Gasteiger partial charge in [-0.15, -0.1) is 0 Å². The number of benzene rings is 1. The van der Waals surface area contributed by atoms with Crippen LogP contribution in [0.2, 0.25) is 0 Å². The highest BCUT2D eigenvalue weighted by Crippen LogP contribution is 2.31. The van der Waals surface area contributed by atoms with E-state index in [-0.39, 0.29) is 0 Å². The highest BCUT2D eigenvalue weighted by Gasteiger charge is 2.13. The molecule has 0 aliphatic carbocycles. The second-order valence-electron chi connectivity index (χ2n) is 5.41. The first-order valence-corrected chi connectivity index (χ1v) is 7.05. The van der Waals surface area contributed by atoms with Gasteiger partial charge in [-0.2, -0.15) is 0 Å². The summed E-state index contributed by atoms with van der Waals surface area (Å²) in [6, 6.07) is 12.9. The van der Waals surface area contributed by atoms with Crippen LogP contribution in [0, 0.1) is 0 Å². The van der Waals surface area contributed by atoms with Gasteiger partial charge >= 0.3 is 0 Å². The fraction of sp³-hybridized carbons (Fsp3) is 0.222. The summed E-state index contributed by atoms with van der Waals surface area (Å²) in [5.74, 6) is 0. The number of rotatable bonds is 3. The summed E-state index contributed by atoms with van der Waals surface area (Å²) in [6.07, 6.45) is 9.85. The molecule has 3 rings (SSSR count). The quantitative estimate of drug-likeness (QED) is 0.698. The molecule has 0 spiro atoms. The molecule has 2 heterocycles. The molecule has 0 unspecified atom stereocenters. The van der Waals surface area contributed by atoms with Crippen LogP contribution in [0.5, 0.6) is 0 Å². The predicted molar refractivity (Wildman–Crippen MR) is 86.3 cm³/mol. The van der Waals surface area contributed by atoms with Crippen LogP contribution in [-0.4, -0.2) is 30.1 Å². The predicted octanol–water partition coefficient (Wildman–Crippen LogP) is 3.81. The van der Waals surface area contributed by atoms with Gasteiger partial charge in [-0.1, -0.05) is 30.3 Å². The molecule has 2 nitrogen and oxygen atoms in total. The average Bonchev–Trinajstić information content (AvgIpc) is 2.84. The minimum atomic E-state index is 1.06. The summed E-state index contributed by atoms with van der Waals surface area (Å²) < 4.78 is 2.20. The number of hydrogen-bond donors (Lipinski definition) is 0. The van der Waals surface area contributed by atoms with Crippen LogP contribution >= 0.6 is 0 Å². The Kier molecular flexibility index (Phi) is 3.57. The van der Waals surface area contributed by atoms with E-state index in [1.807, 2.05) is 0 Å². The SMILES string of the molecule is CN(C)CCC=C1c2ccccc2C=Cn2cccc21. The van der Waals surface area contributed by atoms with Crippen LogP contribution in [0.4, 0.5) is 0 Å². The molecular weight excluding hydrogens is 244 g/mol. The molecule has 0 N–H and O–H groups in total. The van der Waals surface area contributed by atoms with Gasteiger partial charge in [0.05, 0.1) is 5.69 Å². The number of nitrogens with zero attached hydrogens (tertiary/aromatic N) is 2. The lowest BCUT2D eigenvalue weighted by Gasteiger charge is -2.12. The van der Waals surface area contributed by atoms with Gasteiger partial charge in [0.25, 0.3) is 0 Å². The Bertz CT molecular complexity index is 660. The van der Waals surface area contributed by atoms with Crippen LogP contribution in [-0.2, 0) is 0 Å². The maximum absolute atomic E-state index is 2.36. The summed E-state index contributed by atoms with van der Waals surface area (Å²) in [4.78, 5) is 2.22. The molecule has 1 aromatic heterocycles. The van der Waals surface area contributed by atoms with Crippen molar-refractivity contribution in [2.24, 2.45) is 0 Å². The Balaban J connectivity index is 2.06. The van der Waals surface area contributed by atoms with Crippen molar-refractivity contribution in [3.63, 3.8) is 0 Å². The van der Waals surface area contributed by atoms with Gasteiger partial charge in [-0.25, -0.2) is 0 Å². The van der Waals surface area contributed by atoms with Gasteiger partial charge in [0.15, 0.2) is 0 Å². The van der Waals surface area contributed by atoms with Crippen molar-refractivity contribution in [1.82, 2.24) is 9.47 Å². The van der Waals surface area contributed by atoms with E-state index in [0.717, 1.165) is 13.0 Å². The Morgan fingerprint density at radius 1 is 1.10 bits per heavy atom. The van der Waals surface area contributed by atoms with Gasteiger partial charge < -0.3 is 9.47 Å². The summed E-state index contributed by atoms with van der Waals surface area (Å²) in [6.45, 7) is 1.07. The third-order valence-corrected chi connectivity index (χ3v) is 3.65. The average molecular weight is 264 g/mol. The van der Waals surface area contributed by atoms with Crippen molar-refractivity contribution in [1.29, 1.82) is 0 Å². The molecule has 1 aliphatic heterocycles. The molecule has 2 aromatic rings. The van der Waals surface area contributed by atoms with Crippen molar-refractivity contribution in [2.45, 2.75) is 6.42 Å². The Morgan fingerprint density at radius 2 is 1.95 bits per heavy atom. The lowest BCUT2D eigenvalue weighted by Crippen LogP contribution is -2.12. The first-order chi connectivity index (χ1) is 9.75. The maximum Gasteiger partial charge on any atom is 0.0525 e. The second-order valence-corrected chi connectivity index (χ2v) is 5.41. The molecular formula is C18H20N2. The van der Waals surface area contributed by atoms with Crippen LogP contribution in [0.15, 0.2) is 48.7 Å². The number of hydrogen-bond acceptors (Lipinski definition) is 1. The zero-order valence-corrected chi connectivity index (χ0v) is 12.1. The van der Waals surface area contributed by atoms with E-state index in [1.54, 1.807) is 0 Å². The van der Waals surface area contributed by atoms with Crippen molar-refractivity contribution in [3.8, 4) is 0 Å². The zero-order valence-electron chi connectivity index (χ0n) is 12.1. The van der Waals surface area contributed by atoms with E-state index in [9.17, 15) is 0 Å². The normalized spacial score (nSPS) is 15.2. The van der Waals surface area contributed by atoms with Gasteiger partial charge in [0, 0.05) is 24.5 Å². The molecule has 1 aliphatic rings. The molecule has 20 heavy (non-hydrogen) atoms. The standard InChI is InChI=1S/C18H20N2/c1-19(2)12-5-9-17-16-8-4-3-7-15(16)11-14-20-13-6-10-18(17)20/h3-4,6-11,13-14H,5,12H2,1-2H3. The first kappa shape index (κ1) is 12.9. The molecule has 0 bridgehead atoms. The van der Waals surface area contributed by atoms with Crippen molar-refractivity contribution < 1.29 is 0 Å². The topological polar surface area (TPSA) is 8.17 Å². The van der Waals surface area contributed by atoms with E-state index in [1.165, 1.54) is 22.4 Å². The highest BCUT2D eigenvalue weighted by atomic mass is 15.0. The summed E-state index contributed by atoms with van der Waals surface area (Å²) in [7, 11) is 4.23. The van der Waals surface area contributed by atoms with E-state index in [2.05, 4.69) is 84.5 Å². The van der Waals surface area contributed by atoms with Crippen molar-refractivity contribution >= 4 is 17.8 Å². The lowest BCUT2D eigenvalue weighted by molar-refractivity contribution is 0.417. The van der Waals surface area contributed by atoms with Gasteiger partial charge in [-0.05, 0) is 49.9 Å². The minimum Gasteiger partial charge on any atom is -0.323 e. The second kappa shape index (κ2) is 5.51. The largest absolute Gasteiger partial charge is 0.323 e. The minimum absolute atomic E-state index is 1.06. The lowest BCUT2D eigenvalue weighted by atomic mass is 9.97. The fourth-order valence-electron chi connectivity index (χ4n) is 2.62. The van der Waals surface area contributed by atoms with Gasteiger partial charge in [0.1, 0.15) is 0 Å². The molecule has 0 saturated carbocycles. The summed E-state index contributed by atoms with van der Waals surface area (Å²) >= 11 is 0. The van der Waals surface area contributed by atoms with E-state index in [4.69, 9.17) is 0 Å². The maximum atomic E-state index is 2.36. The van der Waals surface area contributed by atoms with E-state index < -0.39 is 0 Å². The molecule has 0 atom stereocenters.